The fourth-order valence-electron chi connectivity index (χ4n) is 3.53. The quantitative estimate of drug-likeness (QED) is 0.362. The highest BCUT2D eigenvalue weighted by molar-refractivity contribution is 6.78. The average Bonchev–Trinajstić information content (AvgIpc) is 2.60. The van der Waals surface area contributed by atoms with E-state index in [1.165, 1.54) is 18.5 Å². The number of hydrogen-bond donors (Lipinski definition) is 0. The van der Waals surface area contributed by atoms with E-state index < -0.39 is 25.1 Å². The number of hydrogen-bond acceptors (Lipinski definition) is 5. The molecule has 27 heavy (non-hydrogen) atoms. The molecule has 0 rings (SSSR count). The second-order valence-corrected chi connectivity index (χ2v) is 21.7. The summed E-state index contributed by atoms with van der Waals surface area (Å²) in [4.78, 5) is 12.3. The number of carbonyl (C=O) groups is 1. The van der Waals surface area contributed by atoms with Crippen LogP contribution in [0.5, 0.6) is 0 Å². The number of ether oxygens (including phenoxy) is 1. The molecule has 0 aliphatic carbocycles. The van der Waals surface area contributed by atoms with Crippen molar-refractivity contribution in [2.45, 2.75) is 70.1 Å². The Bertz CT molecular complexity index is 423. The van der Waals surface area contributed by atoms with Crippen molar-refractivity contribution in [2.75, 3.05) is 41.6 Å². The number of methoxy groups -OCH3 is 1. The topological polar surface area (TPSA) is 57.2 Å². The van der Waals surface area contributed by atoms with Gasteiger partial charge in [-0.1, -0.05) is 38.7 Å². The van der Waals surface area contributed by atoms with Crippen LogP contribution >= 0.6 is 0 Å². The van der Waals surface area contributed by atoms with E-state index in [0.29, 0.717) is 0 Å². The molecule has 0 spiro atoms. The standard InChI is InChI=1S/C18H43NO5Si3/c1-18(20)19(12-10-16-27(22-3,23-4)24-5)26(8,9)15-11-14-25(6,7)17-13-21-2/h10-17H2,1-9H3. The maximum absolute atomic E-state index is 12.3. The van der Waals surface area contributed by atoms with Gasteiger partial charge < -0.3 is 22.6 Å². The third-order valence-electron chi connectivity index (χ3n) is 5.53. The first kappa shape index (κ1) is 27.0. The van der Waals surface area contributed by atoms with Crippen molar-refractivity contribution in [3.05, 3.63) is 0 Å². The van der Waals surface area contributed by atoms with Crippen LogP contribution in [0.4, 0.5) is 0 Å². The lowest BCUT2D eigenvalue weighted by molar-refractivity contribution is -0.125. The molecular formula is C18H43NO5Si3. The van der Waals surface area contributed by atoms with Gasteiger partial charge in [0.15, 0.2) is 8.24 Å². The van der Waals surface area contributed by atoms with Crippen molar-refractivity contribution in [3.8, 4) is 0 Å². The number of amides is 1. The maximum atomic E-state index is 12.3. The van der Waals surface area contributed by atoms with Gasteiger partial charge in [-0.25, -0.2) is 0 Å². The van der Waals surface area contributed by atoms with E-state index in [4.69, 9.17) is 18.0 Å². The molecular weight excluding hydrogens is 394 g/mol. The fourth-order valence-corrected chi connectivity index (χ4v) is 10.7. The van der Waals surface area contributed by atoms with Gasteiger partial charge in [0.25, 0.3) is 0 Å². The maximum Gasteiger partial charge on any atom is 0.500 e. The largest absolute Gasteiger partial charge is 0.500 e. The highest BCUT2D eigenvalue weighted by atomic mass is 28.4. The minimum absolute atomic E-state index is 0.182. The van der Waals surface area contributed by atoms with Crippen molar-refractivity contribution in [2.24, 2.45) is 0 Å². The Morgan fingerprint density at radius 2 is 1.37 bits per heavy atom. The molecule has 162 valence electrons. The Morgan fingerprint density at radius 3 is 1.81 bits per heavy atom. The Hall–Kier alpha value is -0.0394. The second-order valence-electron chi connectivity index (χ2n) is 8.64. The lowest BCUT2D eigenvalue weighted by Gasteiger charge is -2.38. The Balaban J connectivity index is 4.71. The normalized spacial score (nSPS) is 13.1. The smallest absolute Gasteiger partial charge is 0.385 e. The first-order chi connectivity index (χ1) is 12.5. The monoisotopic (exact) mass is 437 g/mol. The number of carbonyl (C=O) groups excluding carboxylic acids is 1. The van der Waals surface area contributed by atoms with Gasteiger partial charge in [0.05, 0.1) is 0 Å². The SMILES string of the molecule is COCC[Si](C)(C)CCC[Si](C)(C)N(CCC[Si](OC)(OC)OC)C(C)=O. The molecule has 0 radical (unpaired) electrons. The lowest BCUT2D eigenvalue weighted by Crippen LogP contribution is -2.52. The van der Waals surface area contributed by atoms with Crippen LogP contribution in [0, 0.1) is 0 Å². The summed E-state index contributed by atoms with van der Waals surface area (Å²) in [6.45, 7) is 12.8. The average molecular weight is 438 g/mol. The third-order valence-corrected chi connectivity index (χ3v) is 15.2. The van der Waals surface area contributed by atoms with Gasteiger partial charge in [-0.2, -0.15) is 0 Å². The summed E-state index contributed by atoms with van der Waals surface area (Å²) in [5.41, 5.74) is 0. The molecule has 0 aliphatic rings. The van der Waals surface area contributed by atoms with Gasteiger partial charge in [-0.3, -0.25) is 4.79 Å². The first-order valence-corrected chi connectivity index (χ1v) is 18.4. The molecule has 0 saturated carbocycles. The van der Waals surface area contributed by atoms with Crippen molar-refractivity contribution < 1.29 is 22.8 Å². The predicted molar refractivity (Wildman–Crippen MR) is 119 cm³/mol. The number of rotatable bonds is 15. The molecule has 0 aromatic rings. The number of nitrogens with zero attached hydrogens (tertiary/aromatic N) is 1. The van der Waals surface area contributed by atoms with E-state index in [1.807, 2.05) is 0 Å². The summed E-state index contributed by atoms with van der Waals surface area (Å²) in [5.74, 6) is 0.182. The predicted octanol–water partition coefficient (Wildman–Crippen LogP) is 4.05. The van der Waals surface area contributed by atoms with Gasteiger partial charge in [-0.05, 0) is 18.5 Å². The van der Waals surface area contributed by atoms with Gasteiger partial charge in [0.2, 0.25) is 5.91 Å². The molecule has 0 unspecified atom stereocenters. The zero-order valence-corrected chi connectivity index (χ0v) is 22.1. The van der Waals surface area contributed by atoms with E-state index in [0.717, 1.165) is 31.7 Å². The van der Waals surface area contributed by atoms with E-state index >= 15 is 0 Å². The van der Waals surface area contributed by atoms with Crippen LogP contribution in [0.15, 0.2) is 0 Å². The van der Waals surface area contributed by atoms with Gasteiger partial charge in [0, 0.05) is 62.6 Å². The van der Waals surface area contributed by atoms with Crippen LogP contribution in [0.25, 0.3) is 0 Å². The summed E-state index contributed by atoms with van der Waals surface area (Å²) < 4.78 is 23.9. The summed E-state index contributed by atoms with van der Waals surface area (Å²) in [5, 5.41) is 0. The first-order valence-electron chi connectivity index (χ1n) is 9.92. The highest BCUT2D eigenvalue weighted by Crippen LogP contribution is 2.26. The van der Waals surface area contributed by atoms with Crippen molar-refractivity contribution in [1.82, 2.24) is 4.57 Å². The minimum atomic E-state index is -2.57. The molecule has 0 saturated heterocycles. The van der Waals surface area contributed by atoms with Crippen LogP contribution in [0.2, 0.25) is 50.4 Å². The molecule has 9 heteroatoms. The summed E-state index contributed by atoms with van der Waals surface area (Å²) in [6, 6.07) is 4.38. The molecule has 0 bridgehead atoms. The molecule has 0 aliphatic heterocycles. The molecule has 0 N–H and O–H groups in total. The van der Waals surface area contributed by atoms with Crippen LogP contribution in [0.1, 0.15) is 19.8 Å². The second kappa shape index (κ2) is 12.5. The van der Waals surface area contributed by atoms with E-state index in [-0.39, 0.29) is 5.91 Å². The zero-order valence-electron chi connectivity index (χ0n) is 19.1. The molecule has 0 fully saturated rings. The van der Waals surface area contributed by atoms with Gasteiger partial charge in [0.1, 0.15) is 0 Å². The summed E-state index contributed by atoms with van der Waals surface area (Å²) in [6.07, 6.45) is 2.05. The molecule has 6 nitrogen and oxygen atoms in total. The Morgan fingerprint density at radius 1 is 0.815 bits per heavy atom. The van der Waals surface area contributed by atoms with Crippen molar-refractivity contribution in [1.29, 1.82) is 0 Å². The summed E-state index contributed by atoms with van der Waals surface area (Å²) in [7, 11) is 1.12. The molecule has 1 amide bonds. The van der Waals surface area contributed by atoms with Crippen LogP contribution in [0.3, 0.4) is 0 Å². The minimum Gasteiger partial charge on any atom is -0.385 e. The van der Waals surface area contributed by atoms with Crippen LogP contribution < -0.4 is 0 Å². The highest BCUT2D eigenvalue weighted by Gasteiger charge is 2.38. The zero-order chi connectivity index (χ0) is 21.1. The van der Waals surface area contributed by atoms with E-state index in [9.17, 15) is 4.79 Å². The van der Waals surface area contributed by atoms with Gasteiger partial charge in [-0.15, -0.1) is 0 Å². The van der Waals surface area contributed by atoms with E-state index in [1.54, 1.807) is 35.4 Å². The van der Waals surface area contributed by atoms with Crippen LogP contribution in [-0.2, 0) is 22.8 Å². The van der Waals surface area contributed by atoms with E-state index in [2.05, 4.69) is 30.8 Å². The molecule has 0 atom stereocenters. The van der Waals surface area contributed by atoms with Crippen molar-refractivity contribution in [3.63, 3.8) is 0 Å². The Kier molecular flexibility index (Phi) is 12.5. The molecule has 0 heterocycles. The fraction of sp³-hybridized carbons (Fsp3) is 0.944. The lowest BCUT2D eigenvalue weighted by atomic mass is 10.5. The Labute approximate surface area is 170 Å². The molecule has 0 aromatic heterocycles. The van der Waals surface area contributed by atoms with Gasteiger partial charge >= 0.3 is 8.80 Å². The third kappa shape index (κ3) is 9.82. The van der Waals surface area contributed by atoms with Crippen LogP contribution in [-0.4, -0.2) is 77.2 Å². The summed E-state index contributed by atoms with van der Waals surface area (Å²) >= 11 is 0. The van der Waals surface area contributed by atoms with Crippen molar-refractivity contribution >= 4 is 31.0 Å². The molecule has 0 aromatic carbocycles.